The highest BCUT2D eigenvalue weighted by Gasteiger charge is 2.22. The van der Waals surface area contributed by atoms with Crippen LogP contribution in [0.4, 0.5) is 0 Å². The van der Waals surface area contributed by atoms with Crippen molar-refractivity contribution in [3.8, 4) is 0 Å². The summed E-state index contributed by atoms with van der Waals surface area (Å²) >= 11 is 0. The normalized spacial score (nSPS) is 19.6. The number of hydrogen-bond acceptors (Lipinski definition) is 2. The highest BCUT2D eigenvalue weighted by molar-refractivity contribution is 5.92. The fraction of sp³-hybridized carbons (Fsp3) is 0.600. The van der Waals surface area contributed by atoms with Crippen molar-refractivity contribution in [3.63, 3.8) is 0 Å². The van der Waals surface area contributed by atoms with Gasteiger partial charge in [0.15, 0.2) is 0 Å². The Morgan fingerprint density at radius 3 is 2.38 bits per heavy atom. The van der Waals surface area contributed by atoms with Crippen LogP contribution >= 0.6 is 0 Å². The molecular formula is C5H9N2O. The van der Waals surface area contributed by atoms with E-state index < -0.39 is 0 Å². The number of hydroxylamine groups is 1. The minimum absolute atomic E-state index is 0.191. The summed E-state index contributed by atoms with van der Waals surface area (Å²) in [6, 6.07) is 0. The molecule has 8 heavy (non-hydrogen) atoms. The Labute approximate surface area is 48.2 Å². The average Bonchev–Trinajstić information content (AvgIpc) is 1.62. The van der Waals surface area contributed by atoms with Crippen molar-refractivity contribution >= 4 is 5.84 Å². The maximum absolute atomic E-state index is 8.17. The molecule has 1 saturated carbocycles. The summed E-state index contributed by atoms with van der Waals surface area (Å²) in [6.45, 7) is 0. The summed E-state index contributed by atoms with van der Waals surface area (Å²) in [5.74, 6) is 1.23. The zero-order chi connectivity index (χ0) is 5.98. The Kier molecular flexibility index (Phi) is 1.48. The lowest BCUT2D eigenvalue weighted by Crippen LogP contribution is -2.29. The molecule has 1 radical (unpaired) electrons. The topological polar surface area (TPSA) is 56.1 Å². The van der Waals surface area contributed by atoms with Crippen LogP contribution in [0.25, 0.3) is 0 Å². The van der Waals surface area contributed by atoms with Crippen LogP contribution in [0.5, 0.6) is 0 Å². The Bertz CT molecular complexity index is 98.6. The predicted molar refractivity (Wildman–Crippen MR) is 29.7 cm³/mol. The maximum Gasteiger partial charge on any atom is 0.125 e. The van der Waals surface area contributed by atoms with Crippen molar-refractivity contribution in [1.29, 1.82) is 5.41 Å². The van der Waals surface area contributed by atoms with Crippen LogP contribution in [0.3, 0.4) is 0 Å². The van der Waals surface area contributed by atoms with E-state index in [2.05, 4.69) is 0 Å². The molecule has 0 aromatic carbocycles. The molecule has 3 heteroatoms. The molecule has 3 N–H and O–H groups in total. The van der Waals surface area contributed by atoms with Gasteiger partial charge in [0.1, 0.15) is 5.84 Å². The lowest BCUT2D eigenvalue weighted by atomic mass is 9.85. The van der Waals surface area contributed by atoms with Crippen molar-refractivity contribution < 1.29 is 5.21 Å². The van der Waals surface area contributed by atoms with Crippen LogP contribution in [0.2, 0.25) is 0 Å². The van der Waals surface area contributed by atoms with Gasteiger partial charge < -0.3 is 0 Å². The first kappa shape index (κ1) is 5.56. The molecule has 0 aromatic rings. The summed E-state index contributed by atoms with van der Waals surface area (Å²) in [5, 5.41) is 15.2. The molecule has 0 bridgehead atoms. The summed E-state index contributed by atoms with van der Waals surface area (Å²) in [5.41, 5.74) is 1.81. The van der Waals surface area contributed by atoms with Gasteiger partial charge in [-0.3, -0.25) is 16.1 Å². The van der Waals surface area contributed by atoms with Gasteiger partial charge in [-0.1, -0.05) is 6.42 Å². The Morgan fingerprint density at radius 1 is 1.62 bits per heavy atom. The molecule has 0 heterocycles. The van der Waals surface area contributed by atoms with E-state index in [0.717, 1.165) is 18.8 Å². The molecular weight excluding hydrogens is 104 g/mol. The third kappa shape index (κ3) is 0.816. The molecule has 0 amide bonds. The first-order valence-corrected chi connectivity index (χ1v) is 2.68. The van der Waals surface area contributed by atoms with Crippen LogP contribution in [-0.2, 0) is 0 Å². The quantitative estimate of drug-likeness (QED) is 0.266. The van der Waals surface area contributed by atoms with E-state index in [4.69, 9.17) is 10.6 Å². The summed E-state index contributed by atoms with van der Waals surface area (Å²) in [4.78, 5) is 0. The molecule has 0 saturated heterocycles. The molecule has 45 valence electrons. The molecule has 1 fully saturated rings. The molecule has 3 nitrogen and oxygen atoms in total. The van der Waals surface area contributed by atoms with Gasteiger partial charge in [-0.2, -0.15) is 0 Å². The highest BCUT2D eigenvalue weighted by Crippen LogP contribution is 2.28. The third-order valence-corrected chi connectivity index (χ3v) is 1.42. The standard InChI is InChI=1S/C5H9N2O/c6-5(7-8)4-2-1-3-4/h8H,1-3H2,(H2,6,7). The molecule has 0 aliphatic heterocycles. The van der Waals surface area contributed by atoms with Crippen LogP contribution in [0.1, 0.15) is 19.3 Å². The number of hydrogen-bond donors (Lipinski definition) is 3. The van der Waals surface area contributed by atoms with Gasteiger partial charge in [0, 0.05) is 5.92 Å². The number of nitrogens with one attached hydrogen (secondary N) is 2. The van der Waals surface area contributed by atoms with E-state index >= 15 is 0 Å². The molecule has 0 unspecified atom stereocenters. The van der Waals surface area contributed by atoms with E-state index in [1.54, 1.807) is 0 Å². The molecule has 1 aliphatic carbocycles. The zero-order valence-electron chi connectivity index (χ0n) is 4.57. The average molecular weight is 113 g/mol. The van der Waals surface area contributed by atoms with Gasteiger partial charge in [0.05, 0.1) is 0 Å². The second kappa shape index (κ2) is 2.13. The van der Waals surface area contributed by atoms with Crippen LogP contribution in [-0.4, -0.2) is 11.0 Å². The first-order valence-electron chi connectivity index (χ1n) is 2.68. The van der Waals surface area contributed by atoms with E-state index in [-0.39, 0.29) is 5.84 Å². The smallest absolute Gasteiger partial charge is 0.125 e. The highest BCUT2D eigenvalue weighted by atomic mass is 16.5. The Hall–Kier alpha value is -0.570. The van der Waals surface area contributed by atoms with Gasteiger partial charge in [0.25, 0.3) is 0 Å². The van der Waals surface area contributed by atoms with Gasteiger partial charge >= 0.3 is 0 Å². The fourth-order valence-corrected chi connectivity index (χ4v) is 0.683. The molecule has 0 aromatic heterocycles. The fourth-order valence-electron chi connectivity index (χ4n) is 0.683. The van der Waals surface area contributed by atoms with Crippen molar-refractivity contribution in [3.05, 3.63) is 5.92 Å². The predicted octanol–water partition coefficient (Wildman–Crippen LogP) is 0.701. The van der Waals surface area contributed by atoms with Gasteiger partial charge in [-0.05, 0) is 12.8 Å². The number of amidine groups is 1. The van der Waals surface area contributed by atoms with E-state index in [1.165, 1.54) is 6.42 Å². The van der Waals surface area contributed by atoms with E-state index in [9.17, 15) is 0 Å². The summed E-state index contributed by atoms with van der Waals surface area (Å²) < 4.78 is 0. The van der Waals surface area contributed by atoms with Gasteiger partial charge in [-0.15, -0.1) is 0 Å². The maximum atomic E-state index is 8.17. The molecule has 0 atom stereocenters. The zero-order valence-corrected chi connectivity index (χ0v) is 4.57. The minimum Gasteiger partial charge on any atom is -0.290 e. The SMILES string of the molecule is N=C(NO)[C]1CCC1. The number of rotatable bonds is 1. The largest absolute Gasteiger partial charge is 0.290 e. The van der Waals surface area contributed by atoms with E-state index in [1.807, 2.05) is 5.48 Å². The van der Waals surface area contributed by atoms with Crippen LogP contribution < -0.4 is 5.48 Å². The van der Waals surface area contributed by atoms with E-state index in [0.29, 0.717) is 0 Å². The van der Waals surface area contributed by atoms with Crippen molar-refractivity contribution in [1.82, 2.24) is 5.48 Å². The molecule has 1 rings (SSSR count). The monoisotopic (exact) mass is 113 g/mol. The molecule has 1 aliphatic rings. The van der Waals surface area contributed by atoms with Crippen LogP contribution in [0, 0.1) is 11.3 Å². The second-order valence-corrected chi connectivity index (χ2v) is 1.94. The van der Waals surface area contributed by atoms with Crippen molar-refractivity contribution in [2.75, 3.05) is 0 Å². The summed E-state index contributed by atoms with van der Waals surface area (Å²) in [7, 11) is 0. The van der Waals surface area contributed by atoms with Crippen molar-refractivity contribution in [2.45, 2.75) is 19.3 Å². The van der Waals surface area contributed by atoms with Gasteiger partial charge in [-0.25, -0.2) is 0 Å². The molecule has 0 spiro atoms. The van der Waals surface area contributed by atoms with Crippen LogP contribution in [0.15, 0.2) is 0 Å². The first-order chi connectivity index (χ1) is 3.84. The summed E-state index contributed by atoms with van der Waals surface area (Å²) in [6.07, 6.45) is 3.12. The third-order valence-electron chi connectivity index (χ3n) is 1.42. The minimum atomic E-state index is 0.191. The Morgan fingerprint density at radius 2 is 2.25 bits per heavy atom. The Balaban J connectivity index is 2.24. The van der Waals surface area contributed by atoms with Crippen molar-refractivity contribution in [2.24, 2.45) is 0 Å². The lowest BCUT2D eigenvalue weighted by Gasteiger charge is -2.23. The van der Waals surface area contributed by atoms with Gasteiger partial charge in [0.2, 0.25) is 0 Å². The lowest BCUT2D eigenvalue weighted by molar-refractivity contribution is 0.229. The second-order valence-electron chi connectivity index (χ2n) is 1.94.